The van der Waals surface area contributed by atoms with Crippen LogP contribution in [0, 0.1) is 0 Å². The summed E-state index contributed by atoms with van der Waals surface area (Å²) in [5.74, 6) is -1.06. The number of sulfonamides is 1. The lowest BCUT2D eigenvalue weighted by atomic mass is 10.1. The van der Waals surface area contributed by atoms with Crippen molar-refractivity contribution in [2.75, 3.05) is 7.05 Å². The second kappa shape index (κ2) is 6.58. The van der Waals surface area contributed by atoms with Crippen LogP contribution in [0.1, 0.15) is 48.9 Å². The van der Waals surface area contributed by atoms with Gasteiger partial charge in [-0.1, -0.05) is 25.7 Å². The summed E-state index contributed by atoms with van der Waals surface area (Å²) in [6, 6.07) is 5.43. The highest BCUT2D eigenvalue weighted by molar-refractivity contribution is 7.89. The standard InChI is InChI=1S/C15H21NO4S/c1-16(13-6-4-2-3-5-7-13)21(19,20)14-10-8-12(9-11-14)15(17)18/h8-11,13H,2-7H2,1H3,(H,17,18). The summed E-state index contributed by atoms with van der Waals surface area (Å²) in [5, 5.41) is 8.86. The molecule has 1 saturated carbocycles. The van der Waals surface area contributed by atoms with Crippen LogP contribution in [0.5, 0.6) is 0 Å². The summed E-state index contributed by atoms with van der Waals surface area (Å²) in [6.45, 7) is 0. The fourth-order valence-electron chi connectivity index (χ4n) is 2.75. The fourth-order valence-corrected chi connectivity index (χ4v) is 4.17. The number of carboxylic acid groups (broad SMARTS) is 1. The quantitative estimate of drug-likeness (QED) is 0.868. The maximum absolute atomic E-state index is 12.6. The minimum absolute atomic E-state index is 0.0386. The molecule has 1 fully saturated rings. The van der Waals surface area contributed by atoms with E-state index < -0.39 is 16.0 Å². The highest BCUT2D eigenvalue weighted by Gasteiger charge is 2.28. The van der Waals surface area contributed by atoms with Crippen LogP contribution in [0.3, 0.4) is 0 Å². The second-order valence-corrected chi connectivity index (χ2v) is 7.49. The average Bonchev–Trinajstić information content (AvgIpc) is 2.75. The Hall–Kier alpha value is -1.40. The first-order valence-corrected chi connectivity index (χ1v) is 8.68. The Morgan fingerprint density at radius 2 is 1.62 bits per heavy atom. The molecule has 0 amide bonds. The van der Waals surface area contributed by atoms with E-state index in [1.165, 1.54) is 28.6 Å². The van der Waals surface area contributed by atoms with Crippen molar-refractivity contribution < 1.29 is 18.3 Å². The number of aromatic carboxylic acids is 1. The van der Waals surface area contributed by atoms with Gasteiger partial charge < -0.3 is 5.11 Å². The van der Waals surface area contributed by atoms with Crippen LogP contribution in [0.15, 0.2) is 29.2 Å². The lowest BCUT2D eigenvalue weighted by Gasteiger charge is -2.26. The minimum Gasteiger partial charge on any atom is -0.478 e. The lowest BCUT2D eigenvalue weighted by Crippen LogP contribution is -2.36. The van der Waals surface area contributed by atoms with E-state index in [1.807, 2.05) is 0 Å². The number of nitrogens with zero attached hydrogens (tertiary/aromatic N) is 1. The normalized spacial score (nSPS) is 17.6. The Kier molecular flexibility index (Phi) is 5.00. The Bertz CT molecular complexity index is 587. The Morgan fingerprint density at radius 3 is 2.10 bits per heavy atom. The zero-order valence-electron chi connectivity index (χ0n) is 12.2. The first-order valence-electron chi connectivity index (χ1n) is 7.24. The van der Waals surface area contributed by atoms with Crippen LogP contribution in [0.4, 0.5) is 0 Å². The molecule has 0 atom stereocenters. The zero-order valence-corrected chi connectivity index (χ0v) is 13.0. The van der Waals surface area contributed by atoms with Crippen molar-refractivity contribution in [1.29, 1.82) is 0 Å². The third-order valence-corrected chi connectivity index (χ3v) is 6.04. The molecule has 116 valence electrons. The zero-order chi connectivity index (χ0) is 15.5. The van der Waals surface area contributed by atoms with Crippen LogP contribution in [-0.2, 0) is 10.0 Å². The summed E-state index contributed by atoms with van der Waals surface area (Å²) >= 11 is 0. The molecular formula is C15H21NO4S. The van der Waals surface area contributed by atoms with E-state index in [4.69, 9.17) is 5.11 Å². The van der Waals surface area contributed by atoms with Gasteiger partial charge in [0, 0.05) is 13.1 Å². The SMILES string of the molecule is CN(C1CCCCCC1)S(=O)(=O)c1ccc(C(=O)O)cc1. The molecule has 0 aromatic heterocycles. The molecule has 0 heterocycles. The van der Waals surface area contributed by atoms with Gasteiger partial charge in [0.15, 0.2) is 0 Å². The number of carbonyl (C=O) groups is 1. The lowest BCUT2D eigenvalue weighted by molar-refractivity contribution is 0.0696. The van der Waals surface area contributed by atoms with E-state index in [9.17, 15) is 13.2 Å². The monoisotopic (exact) mass is 311 g/mol. The van der Waals surface area contributed by atoms with E-state index in [0.717, 1.165) is 38.5 Å². The number of benzene rings is 1. The van der Waals surface area contributed by atoms with Crippen LogP contribution in [-0.4, -0.2) is 36.9 Å². The van der Waals surface area contributed by atoms with E-state index >= 15 is 0 Å². The molecule has 0 unspecified atom stereocenters. The molecule has 0 radical (unpaired) electrons. The van der Waals surface area contributed by atoms with Crippen molar-refractivity contribution in [3.05, 3.63) is 29.8 Å². The van der Waals surface area contributed by atoms with Crippen LogP contribution >= 0.6 is 0 Å². The summed E-state index contributed by atoms with van der Waals surface area (Å²) in [5.41, 5.74) is 0.0890. The summed E-state index contributed by atoms with van der Waals surface area (Å²) in [7, 11) is -1.94. The molecule has 6 heteroatoms. The smallest absolute Gasteiger partial charge is 0.335 e. The molecule has 5 nitrogen and oxygen atoms in total. The second-order valence-electron chi connectivity index (χ2n) is 5.50. The predicted octanol–water partition coefficient (Wildman–Crippen LogP) is 2.73. The molecule has 0 aliphatic heterocycles. The Morgan fingerprint density at radius 1 is 1.10 bits per heavy atom. The average molecular weight is 311 g/mol. The van der Waals surface area contributed by atoms with Crippen LogP contribution in [0.25, 0.3) is 0 Å². The number of hydrogen-bond acceptors (Lipinski definition) is 3. The van der Waals surface area contributed by atoms with Crippen molar-refractivity contribution in [1.82, 2.24) is 4.31 Å². The largest absolute Gasteiger partial charge is 0.478 e. The van der Waals surface area contributed by atoms with Gasteiger partial charge in [-0.05, 0) is 37.1 Å². The minimum atomic E-state index is -3.56. The van der Waals surface area contributed by atoms with Gasteiger partial charge in [0.05, 0.1) is 10.5 Å². The maximum Gasteiger partial charge on any atom is 0.335 e. The molecule has 21 heavy (non-hydrogen) atoms. The highest BCUT2D eigenvalue weighted by atomic mass is 32.2. The van der Waals surface area contributed by atoms with Crippen molar-refractivity contribution in [2.24, 2.45) is 0 Å². The van der Waals surface area contributed by atoms with E-state index in [-0.39, 0.29) is 16.5 Å². The van der Waals surface area contributed by atoms with Gasteiger partial charge in [-0.2, -0.15) is 4.31 Å². The van der Waals surface area contributed by atoms with Crippen molar-refractivity contribution >= 4 is 16.0 Å². The summed E-state index contributed by atoms with van der Waals surface area (Å²) in [6.07, 6.45) is 6.23. The first-order chi connectivity index (χ1) is 9.93. The van der Waals surface area contributed by atoms with Gasteiger partial charge in [-0.3, -0.25) is 0 Å². The molecule has 1 aromatic rings. The van der Waals surface area contributed by atoms with Crippen LogP contribution in [0.2, 0.25) is 0 Å². The van der Waals surface area contributed by atoms with Crippen LogP contribution < -0.4 is 0 Å². The molecule has 1 aliphatic carbocycles. The van der Waals surface area contributed by atoms with Gasteiger partial charge in [-0.15, -0.1) is 0 Å². The molecule has 0 saturated heterocycles. The van der Waals surface area contributed by atoms with Crippen molar-refractivity contribution in [2.45, 2.75) is 49.5 Å². The maximum atomic E-state index is 12.6. The van der Waals surface area contributed by atoms with Crippen molar-refractivity contribution in [3.8, 4) is 0 Å². The highest BCUT2D eigenvalue weighted by Crippen LogP contribution is 2.25. The predicted molar refractivity (Wildman–Crippen MR) is 79.8 cm³/mol. The third kappa shape index (κ3) is 3.63. The van der Waals surface area contributed by atoms with Gasteiger partial charge >= 0.3 is 5.97 Å². The van der Waals surface area contributed by atoms with Gasteiger partial charge in [-0.25, -0.2) is 13.2 Å². The molecule has 1 aliphatic rings. The van der Waals surface area contributed by atoms with E-state index in [1.54, 1.807) is 7.05 Å². The van der Waals surface area contributed by atoms with E-state index in [0.29, 0.717) is 0 Å². The van der Waals surface area contributed by atoms with Gasteiger partial charge in [0.1, 0.15) is 0 Å². The number of carboxylic acids is 1. The van der Waals surface area contributed by atoms with Gasteiger partial charge in [0.2, 0.25) is 10.0 Å². The van der Waals surface area contributed by atoms with Gasteiger partial charge in [0.25, 0.3) is 0 Å². The summed E-state index contributed by atoms with van der Waals surface area (Å²) < 4.78 is 26.7. The molecule has 1 N–H and O–H groups in total. The number of rotatable bonds is 4. The number of hydrogen-bond donors (Lipinski definition) is 1. The molecule has 0 bridgehead atoms. The Labute approximate surface area is 125 Å². The molecule has 0 spiro atoms. The fraction of sp³-hybridized carbons (Fsp3) is 0.533. The topological polar surface area (TPSA) is 74.7 Å². The van der Waals surface area contributed by atoms with E-state index in [2.05, 4.69) is 0 Å². The molecule has 2 rings (SSSR count). The third-order valence-electron chi connectivity index (χ3n) is 4.12. The summed E-state index contributed by atoms with van der Waals surface area (Å²) in [4.78, 5) is 11.0. The first kappa shape index (κ1) is 16.0. The molecule has 1 aromatic carbocycles. The Balaban J connectivity index is 2.21. The van der Waals surface area contributed by atoms with Crippen molar-refractivity contribution in [3.63, 3.8) is 0 Å². The molecular weight excluding hydrogens is 290 g/mol.